The van der Waals surface area contributed by atoms with E-state index >= 15 is 0 Å². The van der Waals surface area contributed by atoms with Crippen LogP contribution in [0.2, 0.25) is 0 Å². The van der Waals surface area contributed by atoms with Gasteiger partial charge in [0.1, 0.15) is 10.8 Å². The molecule has 3 rings (SSSR count). The summed E-state index contributed by atoms with van der Waals surface area (Å²) in [5.41, 5.74) is 3.68. The second kappa shape index (κ2) is 8.28. The fourth-order valence-corrected chi connectivity index (χ4v) is 3.21. The van der Waals surface area contributed by atoms with Gasteiger partial charge in [-0.3, -0.25) is 10.8 Å². The van der Waals surface area contributed by atoms with Crippen molar-refractivity contribution in [3.8, 4) is 0 Å². The van der Waals surface area contributed by atoms with Gasteiger partial charge in [-0.25, -0.2) is 4.99 Å². The highest BCUT2D eigenvalue weighted by Crippen LogP contribution is 2.20. The number of hydrogen-bond donors (Lipinski definition) is 2. The Morgan fingerprint density at radius 1 is 1.12 bits per heavy atom. The van der Waals surface area contributed by atoms with Gasteiger partial charge in [0.05, 0.1) is 23.0 Å². The summed E-state index contributed by atoms with van der Waals surface area (Å²) in [6, 6.07) is 17.0. The Kier molecular flexibility index (Phi) is 5.60. The van der Waals surface area contributed by atoms with Crippen LogP contribution in [-0.2, 0) is 0 Å². The van der Waals surface area contributed by atoms with E-state index in [1.807, 2.05) is 47.8 Å². The molecular weight excluding hydrogens is 340 g/mol. The first-order valence-electron chi connectivity index (χ1n) is 7.08. The van der Waals surface area contributed by atoms with E-state index in [9.17, 15) is 0 Å². The topological polar surface area (TPSA) is 73.7 Å². The third-order valence-corrected chi connectivity index (χ3v) is 4.64. The van der Waals surface area contributed by atoms with Gasteiger partial charge in [-0.15, -0.1) is 11.3 Å². The average molecular weight is 354 g/mol. The van der Waals surface area contributed by atoms with Crippen molar-refractivity contribution in [2.45, 2.75) is 0 Å². The number of benzene rings is 1. The molecule has 0 bridgehead atoms. The lowest BCUT2D eigenvalue weighted by Gasteiger charge is -2.05. The van der Waals surface area contributed by atoms with Crippen LogP contribution in [0.4, 0.5) is 5.69 Å². The molecule has 1 aromatic carbocycles. The Morgan fingerprint density at radius 3 is 2.71 bits per heavy atom. The number of nitrogens with zero attached hydrogens (tertiary/aromatic N) is 2. The number of nitrogens with one attached hydrogen (secondary N) is 2. The molecule has 0 aliphatic carbocycles. The van der Waals surface area contributed by atoms with Crippen LogP contribution in [0.1, 0.15) is 10.6 Å². The highest BCUT2D eigenvalue weighted by atomic mass is 32.2. The Bertz CT molecular complexity index is 825. The maximum Gasteiger partial charge on any atom is 0.188 e. The molecule has 3 aromatic rings. The first kappa shape index (κ1) is 16.2. The van der Waals surface area contributed by atoms with Gasteiger partial charge in [-0.2, -0.15) is 5.10 Å². The molecule has 0 amide bonds. The van der Waals surface area contributed by atoms with E-state index in [4.69, 9.17) is 9.83 Å². The monoisotopic (exact) mass is 354 g/mol. The third-order valence-electron chi connectivity index (χ3n) is 2.83. The van der Waals surface area contributed by atoms with Crippen LogP contribution >= 0.6 is 23.1 Å². The zero-order valence-corrected chi connectivity index (χ0v) is 14.2. The van der Waals surface area contributed by atoms with E-state index in [1.54, 1.807) is 24.6 Å². The van der Waals surface area contributed by atoms with Crippen LogP contribution in [0.3, 0.4) is 0 Å². The number of aliphatic imine (C=N–C) groups is 1. The van der Waals surface area contributed by atoms with E-state index in [0.717, 1.165) is 10.6 Å². The van der Waals surface area contributed by atoms with Crippen molar-refractivity contribution in [1.82, 2.24) is 5.43 Å². The normalized spacial score (nSPS) is 11.8. The average Bonchev–Trinajstić information content (AvgIpc) is 3.29. The summed E-state index contributed by atoms with van der Waals surface area (Å²) in [5, 5.41) is 15.2. The highest BCUT2D eigenvalue weighted by Gasteiger charge is 2.09. The summed E-state index contributed by atoms with van der Waals surface area (Å²) in [4.78, 5) is 5.40. The number of thiophene rings is 1. The predicted molar refractivity (Wildman–Crippen MR) is 102 cm³/mol. The van der Waals surface area contributed by atoms with E-state index in [-0.39, 0.29) is 0 Å². The number of para-hydroxylation sites is 1. The van der Waals surface area contributed by atoms with Crippen LogP contribution in [0, 0.1) is 5.41 Å². The van der Waals surface area contributed by atoms with Crippen LogP contribution in [0.25, 0.3) is 0 Å². The molecule has 0 spiro atoms. The molecule has 0 atom stereocenters. The quantitative estimate of drug-likeness (QED) is 0.405. The molecule has 24 heavy (non-hydrogen) atoms. The molecule has 0 saturated carbocycles. The minimum absolute atomic E-state index is 0.417. The van der Waals surface area contributed by atoms with Crippen LogP contribution < -0.4 is 5.43 Å². The van der Waals surface area contributed by atoms with Crippen molar-refractivity contribution in [3.05, 3.63) is 76.9 Å². The van der Waals surface area contributed by atoms with Crippen LogP contribution in [-0.4, -0.2) is 16.4 Å². The maximum atomic E-state index is 8.20. The van der Waals surface area contributed by atoms with Crippen molar-refractivity contribution in [3.63, 3.8) is 0 Å². The molecule has 5 nitrogen and oxygen atoms in total. The zero-order chi connectivity index (χ0) is 16.6. The molecule has 2 aromatic heterocycles. The lowest BCUT2D eigenvalue weighted by atomic mass is 10.3. The van der Waals surface area contributed by atoms with E-state index in [1.165, 1.54) is 23.1 Å². The number of furan rings is 1. The molecule has 0 aliphatic heterocycles. The molecule has 7 heteroatoms. The second-order valence-corrected chi connectivity index (χ2v) is 6.49. The summed E-state index contributed by atoms with van der Waals surface area (Å²) >= 11 is 2.74. The third kappa shape index (κ3) is 4.68. The maximum absolute atomic E-state index is 8.20. The van der Waals surface area contributed by atoms with Gasteiger partial charge in [0, 0.05) is 0 Å². The number of rotatable bonds is 4. The summed E-state index contributed by atoms with van der Waals surface area (Å²) in [5.74, 6) is 0.639. The number of amidine groups is 1. The van der Waals surface area contributed by atoms with E-state index < -0.39 is 0 Å². The molecule has 0 saturated heterocycles. The molecule has 0 radical (unpaired) electrons. The van der Waals surface area contributed by atoms with Crippen molar-refractivity contribution in [2.75, 3.05) is 0 Å². The van der Waals surface area contributed by atoms with Crippen LogP contribution in [0.5, 0.6) is 0 Å². The molecule has 0 unspecified atom stereocenters. The summed E-state index contributed by atoms with van der Waals surface area (Å²) in [6.45, 7) is 0. The number of thioether (sulfide) groups is 1. The summed E-state index contributed by atoms with van der Waals surface area (Å²) in [6.07, 6.45) is 3.15. The minimum Gasteiger partial charge on any atom is -0.463 e. The molecule has 2 N–H and O–H groups in total. The summed E-state index contributed by atoms with van der Waals surface area (Å²) < 4.78 is 5.20. The molecule has 120 valence electrons. The fraction of sp³-hybridized carbons (Fsp3) is 0. The van der Waals surface area contributed by atoms with Crippen molar-refractivity contribution in [1.29, 1.82) is 5.41 Å². The lowest BCUT2D eigenvalue weighted by molar-refractivity contribution is 0.560. The lowest BCUT2D eigenvalue weighted by Crippen LogP contribution is -2.16. The SMILES string of the molecule is N=C(SC(=Nc1ccccc1)N/N=C/c1ccco1)c1cccs1. The summed E-state index contributed by atoms with van der Waals surface area (Å²) in [7, 11) is 0. The Hall–Kier alpha value is -2.64. The fourth-order valence-electron chi connectivity index (χ4n) is 1.76. The minimum atomic E-state index is 0.417. The van der Waals surface area contributed by atoms with Gasteiger partial charge in [0.2, 0.25) is 0 Å². The second-order valence-electron chi connectivity index (χ2n) is 4.55. The van der Waals surface area contributed by atoms with Crippen molar-refractivity contribution < 1.29 is 4.42 Å². The van der Waals surface area contributed by atoms with Gasteiger partial charge in [0.15, 0.2) is 5.17 Å². The van der Waals surface area contributed by atoms with Gasteiger partial charge >= 0.3 is 0 Å². The van der Waals surface area contributed by atoms with Crippen molar-refractivity contribution in [2.24, 2.45) is 10.1 Å². The zero-order valence-electron chi connectivity index (χ0n) is 12.5. The largest absolute Gasteiger partial charge is 0.463 e. The first-order chi connectivity index (χ1) is 11.8. The number of hydrogen-bond acceptors (Lipinski definition) is 6. The molecule has 0 aliphatic rings. The molecule has 0 fully saturated rings. The number of hydrazone groups is 1. The Morgan fingerprint density at radius 2 is 2.00 bits per heavy atom. The molecule has 2 heterocycles. The smallest absolute Gasteiger partial charge is 0.188 e. The molecular formula is C17H14N4OS2. The van der Waals surface area contributed by atoms with Gasteiger partial charge in [0.25, 0.3) is 0 Å². The van der Waals surface area contributed by atoms with Crippen molar-refractivity contribution >= 4 is 45.2 Å². The van der Waals surface area contributed by atoms with Gasteiger partial charge < -0.3 is 4.42 Å². The van der Waals surface area contributed by atoms with Gasteiger partial charge in [-0.05, 0) is 47.5 Å². The Labute approximate surface area is 147 Å². The predicted octanol–water partition coefficient (Wildman–Crippen LogP) is 4.71. The first-order valence-corrected chi connectivity index (χ1v) is 8.77. The highest BCUT2D eigenvalue weighted by molar-refractivity contribution is 8.27. The standard InChI is InChI=1S/C17H14N4OS2/c18-16(15-9-5-11-23-15)24-17(20-13-6-2-1-3-7-13)21-19-12-14-8-4-10-22-14/h1-12,18H,(H,20,21)/b18-16?,19-12+. The van der Waals surface area contributed by atoms with E-state index in [2.05, 4.69) is 15.5 Å². The Balaban J connectivity index is 1.75. The van der Waals surface area contributed by atoms with Crippen LogP contribution in [0.15, 0.2) is 80.8 Å². The van der Waals surface area contributed by atoms with E-state index in [0.29, 0.717) is 16.0 Å². The van der Waals surface area contributed by atoms with Gasteiger partial charge in [-0.1, -0.05) is 24.3 Å².